The number of non-ortho nitro benzene ring substituents is 1. The number of hydrogen-bond acceptors (Lipinski definition) is 7. The van der Waals surface area contributed by atoms with E-state index in [2.05, 4.69) is 5.32 Å². The Morgan fingerprint density at radius 3 is 2.56 bits per heavy atom. The smallest absolute Gasteiger partial charge is 0.272 e. The summed E-state index contributed by atoms with van der Waals surface area (Å²) in [5.74, 6) is 0. The molecule has 1 saturated heterocycles. The highest BCUT2D eigenvalue weighted by Crippen LogP contribution is 2.33. The second-order valence-electron chi connectivity index (χ2n) is 5.72. The van der Waals surface area contributed by atoms with Crippen LogP contribution in [-0.2, 0) is 4.74 Å². The van der Waals surface area contributed by atoms with Crippen LogP contribution < -0.4 is 5.32 Å². The zero-order chi connectivity index (χ0) is 17.8. The molecule has 1 aliphatic rings. The van der Waals surface area contributed by atoms with E-state index in [0.29, 0.717) is 5.69 Å². The van der Waals surface area contributed by atoms with Crippen molar-refractivity contribution in [2.75, 3.05) is 11.9 Å². The number of nitro benzene ring substituents is 1. The van der Waals surface area contributed by atoms with E-state index in [0.717, 1.165) is 9.79 Å². The molecule has 0 radical (unpaired) electrons. The normalized spacial score (nSPS) is 23.2. The first-order valence-electron chi connectivity index (χ1n) is 7.78. The third kappa shape index (κ3) is 4.70. The van der Waals surface area contributed by atoms with E-state index in [1.165, 1.54) is 23.9 Å². The third-order valence-electron chi connectivity index (χ3n) is 3.78. The van der Waals surface area contributed by atoms with Crippen LogP contribution in [0.5, 0.6) is 0 Å². The van der Waals surface area contributed by atoms with Gasteiger partial charge in [0.1, 0.15) is 12.3 Å². The molecule has 1 heterocycles. The molecule has 0 unspecified atom stereocenters. The predicted octanol–water partition coefficient (Wildman–Crippen LogP) is 2.63. The number of aliphatic hydroxyl groups excluding tert-OH is 2. The minimum Gasteiger partial charge on any atom is -0.390 e. The average molecular weight is 362 g/mol. The summed E-state index contributed by atoms with van der Waals surface area (Å²) in [6, 6.07) is 14.3. The molecule has 3 rings (SSSR count). The minimum absolute atomic E-state index is 0.0133. The number of aliphatic hydroxyl groups is 2. The molecule has 7 nitrogen and oxygen atoms in total. The van der Waals surface area contributed by atoms with Crippen LogP contribution in [0.3, 0.4) is 0 Å². The molecule has 0 aliphatic carbocycles. The van der Waals surface area contributed by atoms with Gasteiger partial charge in [0.05, 0.1) is 17.6 Å². The van der Waals surface area contributed by atoms with Crippen LogP contribution in [0.25, 0.3) is 0 Å². The van der Waals surface area contributed by atoms with Crippen LogP contribution in [0, 0.1) is 10.1 Å². The van der Waals surface area contributed by atoms with Gasteiger partial charge in [0, 0.05) is 34.0 Å². The second kappa shape index (κ2) is 7.83. The van der Waals surface area contributed by atoms with E-state index < -0.39 is 23.4 Å². The summed E-state index contributed by atoms with van der Waals surface area (Å²) < 4.78 is 5.43. The number of nitrogens with zero attached hydrogens (tertiary/aromatic N) is 1. The van der Waals surface area contributed by atoms with Gasteiger partial charge in [-0.3, -0.25) is 10.1 Å². The van der Waals surface area contributed by atoms with Gasteiger partial charge in [-0.1, -0.05) is 30.0 Å². The van der Waals surface area contributed by atoms with Crippen molar-refractivity contribution in [2.45, 2.75) is 34.6 Å². The van der Waals surface area contributed by atoms with Gasteiger partial charge in [0.15, 0.2) is 0 Å². The van der Waals surface area contributed by atoms with Crippen LogP contribution in [0.1, 0.15) is 6.42 Å². The SMILES string of the molecule is O=[N+]([O-])c1cc(N[C@@H]2C[C@H](O)[C@H](O)CO2)cc(Sc2ccccc2)c1. The number of hydrogen-bond donors (Lipinski definition) is 3. The Kier molecular flexibility index (Phi) is 5.54. The molecule has 2 aromatic carbocycles. The van der Waals surface area contributed by atoms with E-state index in [9.17, 15) is 20.3 Å². The van der Waals surface area contributed by atoms with E-state index in [4.69, 9.17) is 4.74 Å². The Morgan fingerprint density at radius 1 is 1.12 bits per heavy atom. The van der Waals surface area contributed by atoms with Crippen molar-refractivity contribution in [1.29, 1.82) is 0 Å². The molecule has 3 atom stereocenters. The zero-order valence-electron chi connectivity index (χ0n) is 13.2. The number of nitro groups is 1. The van der Waals surface area contributed by atoms with Crippen molar-refractivity contribution in [3.8, 4) is 0 Å². The Labute approximate surface area is 148 Å². The summed E-state index contributed by atoms with van der Waals surface area (Å²) in [6.45, 7) is 0.0133. The zero-order valence-corrected chi connectivity index (χ0v) is 14.1. The Bertz CT molecular complexity index is 743. The molecule has 1 aliphatic heterocycles. The molecule has 25 heavy (non-hydrogen) atoms. The number of benzene rings is 2. The second-order valence-corrected chi connectivity index (χ2v) is 6.87. The van der Waals surface area contributed by atoms with Crippen molar-refractivity contribution in [3.05, 3.63) is 58.6 Å². The molecule has 0 amide bonds. The summed E-state index contributed by atoms with van der Waals surface area (Å²) in [5, 5.41) is 33.5. The molecular formula is C17H18N2O5S. The quantitative estimate of drug-likeness (QED) is 0.555. The molecule has 0 spiro atoms. The lowest BCUT2D eigenvalue weighted by Gasteiger charge is -2.31. The molecule has 132 valence electrons. The predicted molar refractivity (Wildman–Crippen MR) is 93.7 cm³/mol. The van der Waals surface area contributed by atoms with Gasteiger partial charge < -0.3 is 20.3 Å². The molecule has 8 heteroatoms. The van der Waals surface area contributed by atoms with Gasteiger partial charge >= 0.3 is 0 Å². The maximum absolute atomic E-state index is 11.2. The fraction of sp³-hybridized carbons (Fsp3) is 0.294. The number of nitrogens with one attached hydrogen (secondary N) is 1. The van der Waals surface area contributed by atoms with Crippen molar-refractivity contribution in [2.24, 2.45) is 0 Å². The molecule has 3 N–H and O–H groups in total. The lowest BCUT2D eigenvalue weighted by atomic mass is 10.1. The van der Waals surface area contributed by atoms with Crippen molar-refractivity contribution in [1.82, 2.24) is 0 Å². The summed E-state index contributed by atoms with van der Waals surface area (Å²) >= 11 is 1.42. The lowest BCUT2D eigenvalue weighted by molar-refractivity contribution is -0.385. The minimum atomic E-state index is -0.910. The lowest BCUT2D eigenvalue weighted by Crippen LogP contribution is -2.44. The standard InChI is InChI=1S/C17H18N2O5S/c20-15-9-17(24-10-16(15)21)18-11-6-12(19(22)23)8-14(7-11)25-13-4-2-1-3-5-13/h1-8,15-18,20-21H,9-10H2/t15-,16+,17-/m0/s1. The van der Waals surface area contributed by atoms with Gasteiger partial charge in [-0.05, 0) is 18.2 Å². The monoisotopic (exact) mass is 362 g/mol. The van der Waals surface area contributed by atoms with Crippen LogP contribution in [-0.4, -0.2) is 40.2 Å². The van der Waals surface area contributed by atoms with Gasteiger partial charge in [-0.15, -0.1) is 0 Å². The fourth-order valence-corrected chi connectivity index (χ4v) is 3.44. The Morgan fingerprint density at radius 2 is 1.88 bits per heavy atom. The highest BCUT2D eigenvalue weighted by atomic mass is 32.2. The Hall–Kier alpha value is -2.13. The van der Waals surface area contributed by atoms with Gasteiger partial charge in [0.25, 0.3) is 5.69 Å². The maximum Gasteiger partial charge on any atom is 0.272 e. The van der Waals surface area contributed by atoms with Crippen LogP contribution in [0.4, 0.5) is 11.4 Å². The number of ether oxygens (including phenoxy) is 1. The van der Waals surface area contributed by atoms with E-state index in [1.807, 2.05) is 30.3 Å². The summed E-state index contributed by atoms with van der Waals surface area (Å²) in [5.41, 5.74) is 0.501. The van der Waals surface area contributed by atoms with Crippen molar-refractivity contribution < 1.29 is 19.9 Å². The first-order chi connectivity index (χ1) is 12.0. The van der Waals surface area contributed by atoms with E-state index >= 15 is 0 Å². The van der Waals surface area contributed by atoms with E-state index in [1.54, 1.807) is 6.07 Å². The summed E-state index contributed by atoms with van der Waals surface area (Å²) in [7, 11) is 0. The van der Waals surface area contributed by atoms with Crippen LogP contribution in [0.2, 0.25) is 0 Å². The highest BCUT2D eigenvalue weighted by Gasteiger charge is 2.28. The van der Waals surface area contributed by atoms with E-state index in [-0.39, 0.29) is 18.7 Å². The third-order valence-corrected chi connectivity index (χ3v) is 4.76. The number of anilines is 1. The molecule has 0 saturated carbocycles. The van der Waals surface area contributed by atoms with Gasteiger partial charge in [0.2, 0.25) is 0 Å². The highest BCUT2D eigenvalue weighted by molar-refractivity contribution is 7.99. The van der Waals surface area contributed by atoms with Crippen molar-refractivity contribution in [3.63, 3.8) is 0 Å². The maximum atomic E-state index is 11.2. The van der Waals surface area contributed by atoms with Crippen LogP contribution >= 0.6 is 11.8 Å². The molecule has 0 aromatic heterocycles. The molecular weight excluding hydrogens is 344 g/mol. The summed E-state index contributed by atoms with van der Waals surface area (Å²) in [6.07, 6.45) is -2.11. The van der Waals surface area contributed by atoms with Crippen molar-refractivity contribution >= 4 is 23.1 Å². The first kappa shape index (κ1) is 17.7. The molecule has 0 bridgehead atoms. The number of rotatable bonds is 5. The largest absolute Gasteiger partial charge is 0.390 e. The van der Waals surface area contributed by atoms with Gasteiger partial charge in [-0.2, -0.15) is 0 Å². The Balaban J connectivity index is 1.79. The summed E-state index contributed by atoms with van der Waals surface area (Å²) in [4.78, 5) is 12.5. The molecule has 1 fully saturated rings. The fourth-order valence-electron chi connectivity index (χ4n) is 2.51. The first-order valence-corrected chi connectivity index (χ1v) is 8.59. The van der Waals surface area contributed by atoms with Crippen LogP contribution in [0.15, 0.2) is 58.3 Å². The topological polar surface area (TPSA) is 105 Å². The average Bonchev–Trinajstić information content (AvgIpc) is 2.59. The van der Waals surface area contributed by atoms with Gasteiger partial charge in [-0.25, -0.2) is 0 Å². The molecule has 2 aromatic rings.